The summed E-state index contributed by atoms with van der Waals surface area (Å²) < 4.78 is 1.99. The Morgan fingerprint density at radius 1 is 1.33 bits per heavy atom. The smallest absolute Gasteiger partial charge is 0.0707 e. The molecular formula is C15H25N3. The highest BCUT2D eigenvalue weighted by Gasteiger charge is 2.18. The zero-order chi connectivity index (χ0) is 12.8. The Morgan fingerprint density at radius 3 is 2.89 bits per heavy atom. The quantitative estimate of drug-likeness (QED) is 0.827. The monoisotopic (exact) mass is 247 g/mol. The third kappa shape index (κ3) is 3.22. The first-order valence-corrected chi connectivity index (χ1v) is 7.23. The van der Waals surface area contributed by atoms with Crippen LogP contribution in [0.4, 0.5) is 0 Å². The SMILES string of the molecule is CCNC(C1=CCCCCCC1)c1ccnn1C. The molecular weight excluding hydrogens is 222 g/mol. The first kappa shape index (κ1) is 13.3. The van der Waals surface area contributed by atoms with Gasteiger partial charge in [-0.3, -0.25) is 4.68 Å². The Hall–Kier alpha value is -1.09. The fourth-order valence-electron chi connectivity index (χ4n) is 2.78. The Bertz CT molecular complexity index is 392. The largest absolute Gasteiger partial charge is 0.306 e. The lowest BCUT2D eigenvalue weighted by atomic mass is 9.93. The maximum Gasteiger partial charge on any atom is 0.0707 e. The predicted molar refractivity (Wildman–Crippen MR) is 75.4 cm³/mol. The lowest BCUT2D eigenvalue weighted by Gasteiger charge is -2.23. The number of nitrogens with zero attached hydrogens (tertiary/aromatic N) is 2. The molecule has 1 aromatic rings. The van der Waals surface area contributed by atoms with E-state index in [9.17, 15) is 0 Å². The Morgan fingerprint density at radius 2 is 2.17 bits per heavy atom. The van der Waals surface area contributed by atoms with Gasteiger partial charge in [0.15, 0.2) is 0 Å². The molecule has 0 fully saturated rings. The van der Waals surface area contributed by atoms with Gasteiger partial charge in [0.25, 0.3) is 0 Å². The van der Waals surface area contributed by atoms with Crippen molar-refractivity contribution in [1.29, 1.82) is 0 Å². The number of hydrogen-bond donors (Lipinski definition) is 1. The highest BCUT2D eigenvalue weighted by molar-refractivity contribution is 5.22. The molecule has 18 heavy (non-hydrogen) atoms. The van der Waals surface area contributed by atoms with Crippen molar-refractivity contribution in [3.8, 4) is 0 Å². The van der Waals surface area contributed by atoms with Crippen molar-refractivity contribution < 1.29 is 0 Å². The molecule has 0 aromatic carbocycles. The molecule has 0 amide bonds. The molecule has 1 N–H and O–H groups in total. The molecule has 0 saturated carbocycles. The Balaban J connectivity index is 2.20. The highest BCUT2D eigenvalue weighted by Crippen LogP contribution is 2.28. The second-order valence-corrected chi connectivity index (χ2v) is 5.10. The highest BCUT2D eigenvalue weighted by atomic mass is 15.3. The minimum atomic E-state index is 0.348. The van der Waals surface area contributed by atoms with Gasteiger partial charge in [0, 0.05) is 13.2 Å². The number of rotatable bonds is 4. The number of aryl methyl sites for hydroxylation is 1. The van der Waals surface area contributed by atoms with Crippen molar-refractivity contribution >= 4 is 0 Å². The average molecular weight is 247 g/mol. The van der Waals surface area contributed by atoms with Crippen LogP contribution in [0.1, 0.15) is 57.2 Å². The third-order valence-corrected chi connectivity index (χ3v) is 3.76. The lowest BCUT2D eigenvalue weighted by Crippen LogP contribution is -2.25. The summed E-state index contributed by atoms with van der Waals surface area (Å²) in [5, 5.41) is 7.92. The maximum absolute atomic E-state index is 4.31. The second-order valence-electron chi connectivity index (χ2n) is 5.10. The van der Waals surface area contributed by atoms with E-state index < -0.39 is 0 Å². The number of aromatic nitrogens is 2. The van der Waals surface area contributed by atoms with E-state index in [1.165, 1.54) is 44.2 Å². The van der Waals surface area contributed by atoms with Crippen LogP contribution in [-0.2, 0) is 7.05 Å². The van der Waals surface area contributed by atoms with Gasteiger partial charge in [0.1, 0.15) is 0 Å². The Kier molecular flexibility index (Phi) is 5.00. The second kappa shape index (κ2) is 6.74. The van der Waals surface area contributed by atoms with Gasteiger partial charge in [0.05, 0.1) is 11.7 Å². The molecule has 1 heterocycles. The molecule has 0 radical (unpaired) electrons. The number of hydrogen-bond acceptors (Lipinski definition) is 2. The summed E-state index contributed by atoms with van der Waals surface area (Å²) in [6.45, 7) is 3.17. The van der Waals surface area contributed by atoms with Gasteiger partial charge in [-0.05, 0) is 38.3 Å². The topological polar surface area (TPSA) is 29.9 Å². The van der Waals surface area contributed by atoms with E-state index in [0.29, 0.717) is 6.04 Å². The van der Waals surface area contributed by atoms with Crippen molar-refractivity contribution in [2.45, 2.75) is 51.5 Å². The lowest BCUT2D eigenvalue weighted by molar-refractivity contribution is 0.525. The summed E-state index contributed by atoms with van der Waals surface area (Å²) in [6.07, 6.45) is 12.2. The van der Waals surface area contributed by atoms with E-state index in [1.54, 1.807) is 5.57 Å². The number of nitrogens with one attached hydrogen (secondary N) is 1. The molecule has 3 nitrogen and oxygen atoms in total. The molecule has 2 rings (SSSR count). The summed E-state index contributed by atoms with van der Waals surface area (Å²) in [5.74, 6) is 0. The first-order chi connectivity index (χ1) is 8.83. The van der Waals surface area contributed by atoms with Crippen LogP contribution in [0.3, 0.4) is 0 Å². The van der Waals surface area contributed by atoms with Gasteiger partial charge in [-0.15, -0.1) is 0 Å². The zero-order valence-corrected chi connectivity index (χ0v) is 11.7. The minimum Gasteiger partial charge on any atom is -0.306 e. The standard InChI is InChI=1S/C15H25N3/c1-3-16-15(14-11-12-17-18(14)2)13-9-7-5-4-6-8-10-13/h9,11-12,15-16H,3-8,10H2,1-2H3. The molecule has 1 aliphatic rings. The third-order valence-electron chi connectivity index (χ3n) is 3.76. The molecule has 1 aliphatic carbocycles. The fraction of sp³-hybridized carbons (Fsp3) is 0.667. The van der Waals surface area contributed by atoms with Crippen LogP contribution >= 0.6 is 0 Å². The van der Waals surface area contributed by atoms with Crippen LogP contribution in [0.2, 0.25) is 0 Å². The van der Waals surface area contributed by atoms with E-state index in [1.807, 2.05) is 17.9 Å². The summed E-state index contributed by atoms with van der Waals surface area (Å²) in [7, 11) is 2.03. The first-order valence-electron chi connectivity index (χ1n) is 7.23. The van der Waals surface area contributed by atoms with Gasteiger partial charge in [0.2, 0.25) is 0 Å². The van der Waals surface area contributed by atoms with Crippen molar-refractivity contribution in [3.63, 3.8) is 0 Å². The molecule has 0 aliphatic heterocycles. The molecule has 1 aromatic heterocycles. The summed E-state index contributed by atoms with van der Waals surface area (Å²) in [6, 6.07) is 2.48. The predicted octanol–water partition coefficient (Wildman–Crippen LogP) is 3.35. The maximum atomic E-state index is 4.31. The molecule has 3 heteroatoms. The van der Waals surface area contributed by atoms with Crippen LogP contribution in [0, 0.1) is 0 Å². The van der Waals surface area contributed by atoms with E-state index in [-0.39, 0.29) is 0 Å². The van der Waals surface area contributed by atoms with Gasteiger partial charge in [-0.25, -0.2) is 0 Å². The molecule has 0 saturated heterocycles. The van der Waals surface area contributed by atoms with Gasteiger partial charge in [-0.1, -0.05) is 31.4 Å². The van der Waals surface area contributed by atoms with Crippen LogP contribution in [-0.4, -0.2) is 16.3 Å². The molecule has 100 valence electrons. The van der Waals surface area contributed by atoms with Crippen LogP contribution in [0.25, 0.3) is 0 Å². The number of allylic oxidation sites excluding steroid dienone is 1. The van der Waals surface area contributed by atoms with Crippen LogP contribution in [0.15, 0.2) is 23.9 Å². The zero-order valence-electron chi connectivity index (χ0n) is 11.7. The van der Waals surface area contributed by atoms with Crippen LogP contribution in [0.5, 0.6) is 0 Å². The summed E-state index contributed by atoms with van der Waals surface area (Å²) in [5.41, 5.74) is 2.84. The van der Waals surface area contributed by atoms with Crippen LogP contribution < -0.4 is 5.32 Å². The normalized spacial score (nSPS) is 18.9. The van der Waals surface area contributed by atoms with E-state index in [2.05, 4.69) is 29.5 Å². The number of likely N-dealkylation sites (N-methyl/N-ethyl adjacent to an activating group) is 1. The van der Waals surface area contributed by atoms with E-state index in [0.717, 1.165) is 6.54 Å². The molecule has 1 unspecified atom stereocenters. The summed E-state index contributed by atoms with van der Waals surface area (Å²) >= 11 is 0. The fourth-order valence-corrected chi connectivity index (χ4v) is 2.78. The van der Waals surface area contributed by atoms with Gasteiger partial charge < -0.3 is 5.32 Å². The van der Waals surface area contributed by atoms with Crippen molar-refractivity contribution in [2.75, 3.05) is 6.54 Å². The molecule has 0 spiro atoms. The van der Waals surface area contributed by atoms with E-state index in [4.69, 9.17) is 0 Å². The minimum absolute atomic E-state index is 0.348. The average Bonchev–Trinajstić information content (AvgIpc) is 2.73. The Labute approximate surface area is 110 Å². The summed E-state index contributed by atoms with van der Waals surface area (Å²) in [4.78, 5) is 0. The van der Waals surface area contributed by atoms with Crippen molar-refractivity contribution in [3.05, 3.63) is 29.6 Å². The van der Waals surface area contributed by atoms with Crippen molar-refractivity contribution in [2.24, 2.45) is 7.05 Å². The van der Waals surface area contributed by atoms with Gasteiger partial charge in [-0.2, -0.15) is 5.10 Å². The molecule has 0 bridgehead atoms. The van der Waals surface area contributed by atoms with Gasteiger partial charge >= 0.3 is 0 Å². The van der Waals surface area contributed by atoms with Crippen molar-refractivity contribution in [1.82, 2.24) is 15.1 Å². The van der Waals surface area contributed by atoms with E-state index >= 15 is 0 Å². The molecule has 1 atom stereocenters.